The van der Waals surface area contributed by atoms with Gasteiger partial charge in [0.15, 0.2) is 6.29 Å². The minimum Gasteiger partial charge on any atom is -0.463 e. The molecular formula is C12H17NO2. The summed E-state index contributed by atoms with van der Waals surface area (Å²) < 4.78 is 11.2. The lowest BCUT2D eigenvalue weighted by molar-refractivity contribution is -0.105. The van der Waals surface area contributed by atoms with E-state index in [1.54, 1.807) is 0 Å². The maximum atomic E-state index is 5.86. The molecule has 0 aromatic heterocycles. The Morgan fingerprint density at radius 3 is 2.93 bits per heavy atom. The van der Waals surface area contributed by atoms with Crippen molar-refractivity contribution in [1.29, 1.82) is 0 Å². The van der Waals surface area contributed by atoms with Crippen molar-refractivity contribution in [3.63, 3.8) is 0 Å². The van der Waals surface area contributed by atoms with Crippen molar-refractivity contribution < 1.29 is 9.47 Å². The minimum absolute atomic E-state index is 0.122. The molecule has 0 spiro atoms. The molecule has 1 fully saturated rings. The zero-order valence-corrected chi connectivity index (χ0v) is 9.03. The Kier molecular flexibility index (Phi) is 3.11. The van der Waals surface area contributed by atoms with Crippen LogP contribution >= 0.6 is 0 Å². The first-order valence-corrected chi connectivity index (χ1v) is 5.40. The van der Waals surface area contributed by atoms with Crippen molar-refractivity contribution in [2.45, 2.75) is 32.5 Å². The molecule has 1 aromatic carbocycles. The summed E-state index contributed by atoms with van der Waals surface area (Å²) in [4.78, 5) is 0. The van der Waals surface area contributed by atoms with E-state index in [0.717, 1.165) is 37.2 Å². The summed E-state index contributed by atoms with van der Waals surface area (Å²) in [5.74, 6) is 0.729. The smallest absolute Gasteiger partial charge is 0.199 e. The molecule has 1 saturated heterocycles. The molecule has 82 valence electrons. The maximum Gasteiger partial charge on any atom is 0.199 e. The van der Waals surface area contributed by atoms with Gasteiger partial charge in [-0.25, -0.2) is 0 Å². The van der Waals surface area contributed by atoms with Crippen LogP contribution in [0.25, 0.3) is 0 Å². The Hall–Kier alpha value is -1.22. The Balaban J connectivity index is 2.03. The fourth-order valence-corrected chi connectivity index (χ4v) is 1.72. The summed E-state index contributed by atoms with van der Waals surface area (Å²) >= 11 is 0. The molecule has 1 unspecified atom stereocenters. The van der Waals surface area contributed by atoms with E-state index in [4.69, 9.17) is 15.2 Å². The number of ether oxygens (including phenoxy) is 2. The fraction of sp³-hybridized carbons (Fsp3) is 0.500. The molecule has 0 aliphatic carbocycles. The van der Waals surface area contributed by atoms with Crippen molar-refractivity contribution >= 4 is 5.69 Å². The number of aryl methyl sites for hydroxylation is 1. The van der Waals surface area contributed by atoms with Crippen molar-refractivity contribution in [3.8, 4) is 5.75 Å². The van der Waals surface area contributed by atoms with Crippen LogP contribution in [0.15, 0.2) is 18.2 Å². The van der Waals surface area contributed by atoms with Crippen LogP contribution in [0.5, 0.6) is 5.75 Å². The van der Waals surface area contributed by atoms with E-state index in [9.17, 15) is 0 Å². The van der Waals surface area contributed by atoms with Gasteiger partial charge in [-0.1, -0.05) is 6.07 Å². The van der Waals surface area contributed by atoms with E-state index in [2.05, 4.69) is 0 Å². The van der Waals surface area contributed by atoms with E-state index >= 15 is 0 Å². The van der Waals surface area contributed by atoms with Crippen LogP contribution in [-0.2, 0) is 4.74 Å². The number of hydrogen-bond acceptors (Lipinski definition) is 3. The van der Waals surface area contributed by atoms with Gasteiger partial charge >= 0.3 is 0 Å². The summed E-state index contributed by atoms with van der Waals surface area (Å²) in [6.45, 7) is 2.80. The molecule has 0 radical (unpaired) electrons. The van der Waals surface area contributed by atoms with Gasteiger partial charge in [-0.05, 0) is 37.5 Å². The van der Waals surface area contributed by atoms with Gasteiger partial charge in [0.25, 0.3) is 0 Å². The first kappa shape index (κ1) is 10.3. The molecule has 1 heterocycles. The predicted octanol–water partition coefficient (Wildman–Crippen LogP) is 2.48. The zero-order chi connectivity index (χ0) is 10.7. The topological polar surface area (TPSA) is 44.5 Å². The molecule has 3 nitrogen and oxygen atoms in total. The number of nitrogens with two attached hydrogens (primary N) is 1. The standard InChI is InChI=1S/C12H17NO2/c1-9-5-6-11(10(13)8-9)15-12-4-2-3-7-14-12/h5-6,8,12H,2-4,7,13H2,1H3. The second-order valence-electron chi connectivity index (χ2n) is 3.96. The Bertz CT molecular complexity index is 332. The monoisotopic (exact) mass is 207 g/mol. The van der Waals surface area contributed by atoms with Gasteiger partial charge in [0, 0.05) is 6.42 Å². The van der Waals surface area contributed by atoms with Crippen molar-refractivity contribution in [2.75, 3.05) is 12.3 Å². The summed E-state index contributed by atoms with van der Waals surface area (Å²) in [5.41, 5.74) is 7.69. The van der Waals surface area contributed by atoms with Crippen molar-refractivity contribution in [1.82, 2.24) is 0 Å². The van der Waals surface area contributed by atoms with Gasteiger partial charge in [0.05, 0.1) is 12.3 Å². The van der Waals surface area contributed by atoms with Crippen LogP contribution < -0.4 is 10.5 Å². The number of anilines is 1. The number of benzene rings is 1. The van der Waals surface area contributed by atoms with E-state index in [-0.39, 0.29) is 6.29 Å². The minimum atomic E-state index is -0.122. The lowest BCUT2D eigenvalue weighted by Gasteiger charge is -2.24. The van der Waals surface area contributed by atoms with E-state index in [1.165, 1.54) is 0 Å². The van der Waals surface area contributed by atoms with Crippen LogP contribution in [0.2, 0.25) is 0 Å². The van der Waals surface area contributed by atoms with Gasteiger partial charge in [0.2, 0.25) is 0 Å². The molecule has 3 heteroatoms. The highest BCUT2D eigenvalue weighted by atomic mass is 16.7. The largest absolute Gasteiger partial charge is 0.463 e. The highest BCUT2D eigenvalue weighted by Gasteiger charge is 2.16. The second-order valence-corrected chi connectivity index (χ2v) is 3.96. The third-order valence-electron chi connectivity index (χ3n) is 2.56. The highest BCUT2D eigenvalue weighted by molar-refractivity contribution is 5.54. The molecule has 0 saturated carbocycles. The third-order valence-corrected chi connectivity index (χ3v) is 2.56. The molecular weight excluding hydrogens is 190 g/mol. The molecule has 2 N–H and O–H groups in total. The van der Waals surface area contributed by atoms with E-state index in [1.807, 2.05) is 25.1 Å². The number of hydrogen-bond donors (Lipinski definition) is 1. The van der Waals surface area contributed by atoms with Gasteiger partial charge in [-0.2, -0.15) is 0 Å². The van der Waals surface area contributed by atoms with Gasteiger partial charge in [0.1, 0.15) is 5.75 Å². The molecule has 0 amide bonds. The van der Waals surface area contributed by atoms with Gasteiger partial charge < -0.3 is 15.2 Å². The summed E-state index contributed by atoms with van der Waals surface area (Å²) in [6, 6.07) is 5.81. The SMILES string of the molecule is Cc1ccc(OC2CCCCO2)c(N)c1. The average Bonchev–Trinajstić information content (AvgIpc) is 2.24. The number of rotatable bonds is 2. The van der Waals surface area contributed by atoms with Crippen molar-refractivity contribution in [3.05, 3.63) is 23.8 Å². The van der Waals surface area contributed by atoms with Crippen molar-refractivity contribution in [2.24, 2.45) is 0 Å². The third kappa shape index (κ3) is 2.63. The van der Waals surface area contributed by atoms with Gasteiger partial charge in [-0.3, -0.25) is 0 Å². The second kappa shape index (κ2) is 4.53. The summed E-state index contributed by atoms with van der Waals surface area (Å²) in [6.07, 6.45) is 3.12. The van der Waals surface area contributed by atoms with E-state index in [0.29, 0.717) is 5.69 Å². The van der Waals surface area contributed by atoms with Crippen LogP contribution in [0.3, 0.4) is 0 Å². The van der Waals surface area contributed by atoms with Gasteiger partial charge in [-0.15, -0.1) is 0 Å². The molecule has 0 bridgehead atoms. The zero-order valence-electron chi connectivity index (χ0n) is 9.03. The first-order valence-electron chi connectivity index (χ1n) is 5.40. The predicted molar refractivity (Wildman–Crippen MR) is 59.8 cm³/mol. The molecule has 1 atom stereocenters. The molecule has 15 heavy (non-hydrogen) atoms. The van der Waals surface area contributed by atoms with Crippen LogP contribution in [0.1, 0.15) is 24.8 Å². The van der Waals surface area contributed by atoms with Crippen LogP contribution in [0, 0.1) is 6.92 Å². The number of nitrogen functional groups attached to an aromatic ring is 1. The van der Waals surface area contributed by atoms with Crippen LogP contribution in [-0.4, -0.2) is 12.9 Å². The Morgan fingerprint density at radius 2 is 2.27 bits per heavy atom. The average molecular weight is 207 g/mol. The summed E-state index contributed by atoms with van der Waals surface area (Å²) in [7, 11) is 0. The molecule has 1 aromatic rings. The maximum absolute atomic E-state index is 5.86. The molecule has 1 aliphatic rings. The molecule has 1 aliphatic heterocycles. The lowest BCUT2D eigenvalue weighted by Crippen LogP contribution is -2.25. The normalized spacial score (nSPS) is 21.3. The Morgan fingerprint density at radius 1 is 1.40 bits per heavy atom. The van der Waals surface area contributed by atoms with Crippen LogP contribution in [0.4, 0.5) is 5.69 Å². The highest BCUT2D eigenvalue weighted by Crippen LogP contribution is 2.25. The summed E-state index contributed by atoms with van der Waals surface area (Å²) in [5, 5.41) is 0. The molecule has 2 rings (SSSR count). The fourth-order valence-electron chi connectivity index (χ4n) is 1.72. The first-order chi connectivity index (χ1) is 7.25. The van der Waals surface area contributed by atoms with E-state index < -0.39 is 0 Å². The quantitative estimate of drug-likeness (QED) is 0.758. The lowest BCUT2D eigenvalue weighted by atomic mass is 10.2. The Labute approximate surface area is 90.2 Å².